The van der Waals surface area contributed by atoms with E-state index < -0.39 is 5.09 Å². The molecule has 0 aromatic heterocycles. The lowest BCUT2D eigenvalue weighted by Gasteiger charge is -2.31. The van der Waals surface area contributed by atoms with Crippen LogP contribution in [0.2, 0.25) is 0 Å². The van der Waals surface area contributed by atoms with Gasteiger partial charge in [-0.3, -0.25) is 10.3 Å². The minimum atomic E-state index is -0.790. The van der Waals surface area contributed by atoms with E-state index in [-0.39, 0.29) is 12.8 Å². The summed E-state index contributed by atoms with van der Waals surface area (Å²) >= 11 is 2.19. The van der Waals surface area contributed by atoms with E-state index in [1.165, 1.54) is 11.9 Å². The van der Waals surface area contributed by atoms with E-state index in [1.807, 2.05) is 31.0 Å². The molecule has 134 valence electrons. The van der Waals surface area contributed by atoms with Gasteiger partial charge in [0, 0.05) is 18.0 Å². The van der Waals surface area contributed by atoms with Crippen molar-refractivity contribution in [3.05, 3.63) is 27.8 Å². The molecule has 24 heavy (non-hydrogen) atoms. The minimum absolute atomic E-state index is 0.0255. The molecule has 5 N–H and O–H groups in total. The molecule has 1 aromatic rings. The number of nitrogens with two attached hydrogens (primary N) is 1. The summed E-state index contributed by atoms with van der Waals surface area (Å²) in [7, 11) is 1.86. The first kappa shape index (κ1) is 18.9. The van der Waals surface area contributed by atoms with Crippen LogP contribution >= 0.6 is 24.1 Å². The third kappa shape index (κ3) is 5.03. The lowest BCUT2D eigenvalue weighted by molar-refractivity contribution is -0.757. The number of rotatable bonds is 8. The van der Waals surface area contributed by atoms with Gasteiger partial charge in [-0.05, 0) is 43.6 Å². The molecule has 1 aliphatic rings. The Balaban J connectivity index is 1.94. The molecular formula is C12H20N6O4S2. The molecule has 1 unspecified atom stereocenters. The van der Waals surface area contributed by atoms with Crippen molar-refractivity contribution in [1.29, 1.82) is 0 Å². The van der Waals surface area contributed by atoms with E-state index in [4.69, 9.17) is 5.14 Å². The van der Waals surface area contributed by atoms with Crippen LogP contribution in [-0.4, -0.2) is 48.1 Å². The molecule has 0 aliphatic carbocycles. The molecule has 0 saturated carbocycles. The maximum Gasteiger partial charge on any atom is 0.294 e. The summed E-state index contributed by atoms with van der Waals surface area (Å²) in [6.07, 6.45) is -0.0255. The lowest BCUT2D eigenvalue weighted by Crippen LogP contribution is -2.44. The van der Waals surface area contributed by atoms with E-state index >= 15 is 0 Å². The minimum Gasteiger partial charge on any atom is -0.367 e. The van der Waals surface area contributed by atoms with Gasteiger partial charge in [0.25, 0.3) is 5.09 Å². The first-order valence-corrected chi connectivity index (χ1v) is 8.71. The van der Waals surface area contributed by atoms with Gasteiger partial charge >= 0.3 is 0 Å². The zero-order valence-electron chi connectivity index (χ0n) is 13.3. The summed E-state index contributed by atoms with van der Waals surface area (Å²) in [6.45, 7) is 3.01. The van der Waals surface area contributed by atoms with Crippen LogP contribution in [-0.2, 0) is 4.84 Å². The highest BCUT2D eigenvalue weighted by atomic mass is 32.2. The monoisotopic (exact) mass is 376 g/mol. The largest absolute Gasteiger partial charge is 0.367 e. The third-order valence-electron chi connectivity index (χ3n) is 3.41. The summed E-state index contributed by atoms with van der Waals surface area (Å²) < 4.78 is 4.18. The number of nitrogens with one attached hydrogen (secondary N) is 2. The van der Waals surface area contributed by atoms with Crippen molar-refractivity contribution < 1.29 is 15.1 Å². The molecule has 2 rings (SSSR count). The highest BCUT2D eigenvalue weighted by molar-refractivity contribution is 7.98. The molecule has 0 amide bonds. The van der Waals surface area contributed by atoms with Gasteiger partial charge in [0.1, 0.15) is 6.61 Å². The molecule has 0 bridgehead atoms. The second kappa shape index (κ2) is 8.60. The Morgan fingerprint density at radius 3 is 3.00 bits per heavy atom. The number of anilines is 2. The molecule has 12 heteroatoms. The molecule has 0 radical (unpaired) electrons. The maximum absolute atomic E-state index is 10.1. The molecule has 0 saturated heterocycles. The van der Waals surface area contributed by atoms with Crippen LogP contribution in [0.3, 0.4) is 0 Å². The normalized spacial score (nSPS) is 16.5. The van der Waals surface area contributed by atoms with Crippen LogP contribution in [0.4, 0.5) is 11.4 Å². The van der Waals surface area contributed by atoms with Crippen molar-refractivity contribution in [2.45, 2.75) is 18.0 Å². The van der Waals surface area contributed by atoms with E-state index in [0.29, 0.717) is 18.8 Å². The van der Waals surface area contributed by atoms with Gasteiger partial charge in [-0.1, -0.05) is 0 Å². The van der Waals surface area contributed by atoms with Crippen molar-refractivity contribution in [2.24, 2.45) is 5.14 Å². The number of hydrogen-bond donors (Lipinski definition) is 4. The Morgan fingerprint density at radius 1 is 1.58 bits per heavy atom. The zero-order chi connectivity index (χ0) is 17.7. The molecule has 1 aromatic carbocycles. The molecule has 1 atom stereocenters. The SMILES string of the molecule is Cc1cc2c(cc1N(O)SN)SNC(CN(C)CCO[N+](=O)[O-])N2. The van der Waals surface area contributed by atoms with Crippen molar-refractivity contribution in [3.63, 3.8) is 0 Å². The summed E-state index contributed by atoms with van der Waals surface area (Å²) in [5, 5.41) is 27.9. The predicted octanol–water partition coefficient (Wildman–Crippen LogP) is 1.20. The van der Waals surface area contributed by atoms with Gasteiger partial charge < -0.3 is 15.1 Å². The molecule has 0 spiro atoms. The maximum atomic E-state index is 10.1. The Kier molecular flexibility index (Phi) is 6.77. The number of aryl methyl sites for hydroxylation is 1. The van der Waals surface area contributed by atoms with Crippen molar-refractivity contribution >= 4 is 35.5 Å². The fourth-order valence-corrected chi connectivity index (χ4v) is 3.36. The van der Waals surface area contributed by atoms with Crippen LogP contribution in [0.5, 0.6) is 0 Å². The van der Waals surface area contributed by atoms with Gasteiger partial charge in [-0.2, -0.15) is 4.47 Å². The molecule has 1 heterocycles. The highest BCUT2D eigenvalue weighted by Crippen LogP contribution is 2.36. The summed E-state index contributed by atoms with van der Waals surface area (Å²) in [4.78, 5) is 17.3. The first-order chi connectivity index (χ1) is 11.4. The Bertz CT molecular complexity index is 593. The van der Waals surface area contributed by atoms with Crippen molar-refractivity contribution in [2.75, 3.05) is 36.5 Å². The average Bonchev–Trinajstić information content (AvgIpc) is 2.53. The summed E-state index contributed by atoms with van der Waals surface area (Å²) in [5.41, 5.74) is 2.47. The van der Waals surface area contributed by atoms with E-state index in [2.05, 4.69) is 14.9 Å². The topological polar surface area (TPSA) is 129 Å². The second-order valence-electron chi connectivity index (χ2n) is 5.25. The van der Waals surface area contributed by atoms with Crippen LogP contribution in [0.1, 0.15) is 5.56 Å². The number of fused-ring (bicyclic) bond motifs is 1. The van der Waals surface area contributed by atoms with Gasteiger partial charge in [0.15, 0.2) is 0 Å². The van der Waals surface area contributed by atoms with Crippen molar-refractivity contribution in [3.8, 4) is 0 Å². The second-order valence-corrected chi connectivity index (χ2v) is 6.69. The summed E-state index contributed by atoms with van der Waals surface area (Å²) in [6, 6.07) is 3.79. The Morgan fingerprint density at radius 2 is 2.33 bits per heavy atom. The van der Waals surface area contributed by atoms with Crippen molar-refractivity contribution in [1.82, 2.24) is 9.62 Å². The fourth-order valence-electron chi connectivity index (χ4n) is 2.25. The van der Waals surface area contributed by atoms with Crippen LogP contribution in [0.25, 0.3) is 0 Å². The molecule has 0 fully saturated rings. The standard InChI is InChI=1S/C12H20N6O4S2/c1-8-5-9-11(6-10(8)17(19)24-13)23-15-12(14-9)7-16(2)3-4-22-18(20)21/h5-6,12,14-15,19H,3-4,7,13H2,1-2H3. The third-order valence-corrected chi connectivity index (χ3v) is 4.77. The molecule has 10 nitrogen and oxygen atoms in total. The molecule has 1 aliphatic heterocycles. The molecular weight excluding hydrogens is 356 g/mol. The zero-order valence-corrected chi connectivity index (χ0v) is 14.9. The number of benzene rings is 1. The van der Waals surface area contributed by atoms with Gasteiger partial charge in [-0.15, -0.1) is 10.1 Å². The number of nitrogens with zero attached hydrogens (tertiary/aromatic N) is 3. The van der Waals surface area contributed by atoms with E-state index in [1.54, 1.807) is 0 Å². The quantitative estimate of drug-likeness (QED) is 0.297. The van der Waals surface area contributed by atoms with Gasteiger partial charge in [0.2, 0.25) is 0 Å². The predicted molar refractivity (Wildman–Crippen MR) is 94.1 cm³/mol. The number of likely N-dealkylation sites (N-methyl/N-ethyl adjacent to an activating group) is 1. The number of hydrogen-bond acceptors (Lipinski definition) is 11. The highest BCUT2D eigenvalue weighted by Gasteiger charge is 2.21. The summed E-state index contributed by atoms with van der Waals surface area (Å²) in [5.74, 6) is 0. The lowest BCUT2D eigenvalue weighted by atomic mass is 10.1. The van der Waals surface area contributed by atoms with Crippen LogP contribution in [0, 0.1) is 17.0 Å². The van der Waals surface area contributed by atoms with Crippen LogP contribution in [0.15, 0.2) is 17.0 Å². The first-order valence-electron chi connectivity index (χ1n) is 7.06. The smallest absolute Gasteiger partial charge is 0.294 e. The fraction of sp³-hybridized carbons (Fsp3) is 0.500. The van der Waals surface area contributed by atoms with Crippen LogP contribution < -0.4 is 19.6 Å². The average molecular weight is 376 g/mol. The van der Waals surface area contributed by atoms with E-state index in [9.17, 15) is 15.3 Å². The van der Waals surface area contributed by atoms with Gasteiger partial charge in [0.05, 0.1) is 29.7 Å². The Hall–Kier alpha value is -1.44. The Labute approximate surface area is 148 Å². The van der Waals surface area contributed by atoms with Gasteiger partial charge in [-0.25, -0.2) is 4.72 Å². The van der Waals surface area contributed by atoms with E-state index in [0.717, 1.165) is 32.7 Å².